The van der Waals surface area contributed by atoms with Crippen LogP contribution < -0.4 is 0 Å². The van der Waals surface area contributed by atoms with Gasteiger partial charge in [-0.25, -0.2) is 0 Å². The van der Waals surface area contributed by atoms with E-state index in [1.165, 1.54) is 28.2 Å². The average Bonchev–Trinajstić information content (AvgIpc) is 2.43. The van der Waals surface area contributed by atoms with E-state index in [2.05, 4.69) is 30.3 Å². The summed E-state index contributed by atoms with van der Waals surface area (Å²) >= 11 is 0. The molecule has 0 saturated heterocycles. The van der Waals surface area contributed by atoms with E-state index >= 15 is 0 Å². The van der Waals surface area contributed by atoms with Gasteiger partial charge in [-0.1, -0.05) is 42.5 Å². The topological polar surface area (TPSA) is 37.4 Å². The van der Waals surface area contributed by atoms with Crippen molar-refractivity contribution in [3.05, 3.63) is 48.0 Å². The molecule has 0 saturated carbocycles. The molecule has 0 radical (unpaired) electrons. The average molecular weight is 255 g/mol. The first-order valence-electron chi connectivity index (χ1n) is 6.31. The monoisotopic (exact) mass is 255 g/mol. The van der Waals surface area contributed by atoms with E-state index in [0.717, 1.165) is 6.42 Å². The lowest BCUT2D eigenvalue weighted by Gasteiger charge is -2.15. The number of hydrogen-bond acceptors (Lipinski definition) is 2. The minimum atomic E-state index is -0.430. The molecule has 0 atom stereocenters. The molecule has 0 heterocycles. The van der Waals surface area contributed by atoms with Crippen LogP contribution in [0.1, 0.15) is 12.5 Å². The molecular weight excluding hydrogens is 238 g/mol. The van der Waals surface area contributed by atoms with Gasteiger partial charge in [0.2, 0.25) is 5.78 Å². The second-order valence-electron chi connectivity index (χ2n) is 4.71. The summed E-state index contributed by atoms with van der Waals surface area (Å²) in [7, 11) is 1.66. The summed E-state index contributed by atoms with van der Waals surface area (Å²) in [6.45, 7) is 1.85. The fourth-order valence-corrected chi connectivity index (χ4v) is 2.06. The van der Waals surface area contributed by atoms with Crippen LogP contribution in [0.4, 0.5) is 0 Å². The van der Waals surface area contributed by atoms with E-state index in [-0.39, 0.29) is 0 Å². The van der Waals surface area contributed by atoms with Crippen molar-refractivity contribution in [2.75, 3.05) is 13.6 Å². The maximum atomic E-state index is 11.5. The normalized spacial score (nSPS) is 10.4. The number of rotatable bonds is 4. The summed E-state index contributed by atoms with van der Waals surface area (Å²) in [5, 5.41) is 2.40. The highest BCUT2D eigenvalue weighted by Gasteiger charge is 2.13. The maximum absolute atomic E-state index is 11.5. The smallest absolute Gasteiger partial charge is 0.289 e. The minimum Gasteiger partial charge on any atom is -0.339 e. The lowest BCUT2D eigenvalue weighted by Crippen LogP contribution is -2.33. The van der Waals surface area contributed by atoms with Crippen LogP contribution in [0.15, 0.2) is 42.5 Å². The van der Waals surface area contributed by atoms with Gasteiger partial charge in [0, 0.05) is 20.5 Å². The van der Waals surface area contributed by atoms with Crippen LogP contribution in [0, 0.1) is 0 Å². The molecule has 0 aliphatic heterocycles. The number of amides is 1. The Morgan fingerprint density at radius 2 is 1.74 bits per heavy atom. The van der Waals surface area contributed by atoms with Crippen LogP contribution in [0.3, 0.4) is 0 Å². The molecule has 0 spiro atoms. The van der Waals surface area contributed by atoms with Crippen LogP contribution in [0.25, 0.3) is 10.8 Å². The van der Waals surface area contributed by atoms with E-state index < -0.39 is 11.7 Å². The minimum absolute atomic E-state index is 0.416. The van der Waals surface area contributed by atoms with Crippen molar-refractivity contribution < 1.29 is 9.59 Å². The molecule has 0 aliphatic rings. The Morgan fingerprint density at radius 1 is 1.05 bits per heavy atom. The second-order valence-corrected chi connectivity index (χ2v) is 4.71. The molecule has 0 aliphatic carbocycles. The van der Waals surface area contributed by atoms with Crippen LogP contribution in [-0.4, -0.2) is 30.2 Å². The number of nitrogens with zero attached hydrogens (tertiary/aromatic N) is 1. The van der Waals surface area contributed by atoms with E-state index in [1.54, 1.807) is 7.05 Å². The third kappa shape index (κ3) is 3.19. The highest BCUT2D eigenvalue weighted by molar-refractivity contribution is 6.34. The first-order valence-corrected chi connectivity index (χ1v) is 6.31. The van der Waals surface area contributed by atoms with E-state index in [4.69, 9.17) is 0 Å². The number of carbonyl (C=O) groups is 2. The molecule has 3 nitrogen and oxygen atoms in total. The summed E-state index contributed by atoms with van der Waals surface area (Å²) in [5.74, 6) is -0.846. The highest BCUT2D eigenvalue weighted by Crippen LogP contribution is 2.16. The number of fused-ring (bicyclic) bond motifs is 1. The first-order chi connectivity index (χ1) is 9.08. The molecule has 98 valence electrons. The maximum Gasteiger partial charge on any atom is 0.289 e. The first kappa shape index (κ1) is 13.3. The molecule has 1 amide bonds. The van der Waals surface area contributed by atoms with Crippen molar-refractivity contribution >= 4 is 22.5 Å². The van der Waals surface area contributed by atoms with Crippen molar-refractivity contribution in [3.8, 4) is 0 Å². The molecular formula is C16H17NO2. The SMILES string of the molecule is CC(=O)C(=O)N(C)CCc1ccc2ccccc2c1. The number of hydrogen-bond donors (Lipinski definition) is 0. The molecule has 19 heavy (non-hydrogen) atoms. The molecule has 2 aromatic carbocycles. The van der Waals surface area contributed by atoms with Crippen molar-refractivity contribution in [2.45, 2.75) is 13.3 Å². The van der Waals surface area contributed by atoms with Crippen molar-refractivity contribution in [1.82, 2.24) is 4.90 Å². The summed E-state index contributed by atoms with van der Waals surface area (Å²) in [6, 6.07) is 14.4. The summed E-state index contributed by atoms with van der Waals surface area (Å²) < 4.78 is 0. The van der Waals surface area contributed by atoms with E-state index in [0.29, 0.717) is 6.54 Å². The Morgan fingerprint density at radius 3 is 2.42 bits per heavy atom. The number of Topliss-reactive ketones (excluding diaryl/α,β-unsaturated/α-hetero) is 1. The van der Waals surface area contributed by atoms with Gasteiger partial charge in [0.05, 0.1) is 0 Å². The number of benzene rings is 2. The Labute approximate surface area is 112 Å². The van der Waals surface area contributed by atoms with Crippen LogP contribution in [0.2, 0.25) is 0 Å². The van der Waals surface area contributed by atoms with Gasteiger partial charge >= 0.3 is 0 Å². The molecule has 2 aromatic rings. The molecule has 2 rings (SSSR count). The summed E-state index contributed by atoms with van der Waals surface area (Å²) in [4.78, 5) is 23.9. The van der Waals surface area contributed by atoms with E-state index in [9.17, 15) is 9.59 Å². The predicted molar refractivity (Wildman–Crippen MR) is 76.0 cm³/mol. The predicted octanol–water partition coefficient (Wildman–Crippen LogP) is 2.43. The van der Waals surface area contributed by atoms with Gasteiger partial charge in [0.15, 0.2) is 0 Å². The number of likely N-dealkylation sites (N-methyl/N-ethyl adjacent to an activating group) is 1. The molecule has 0 unspecified atom stereocenters. The van der Waals surface area contributed by atoms with Crippen molar-refractivity contribution in [1.29, 1.82) is 0 Å². The summed E-state index contributed by atoms with van der Waals surface area (Å²) in [5.41, 5.74) is 1.17. The number of carbonyl (C=O) groups excluding carboxylic acids is 2. The zero-order chi connectivity index (χ0) is 13.8. The zero-order valence-corrected chi connectivity index (χ0v) is 11.2. The van der Waals surface area contributed by atoms with Crippen LogP contribution in [-0.2, 0) is 16.0 Å². The van der Waals surface area contributed by atoms with Gasteiger partial charge in [-0.2, -0.15) is 0 Å². The number of ketones is 1. The molecule has 0 N–H and O–H groups in total. The lowest BCUT2D eigenvalue weighted by atomic mass is 10.1. The zero-order valence-electron chi connectivity index (χ0n) is 11.2. The highest BCUT2D eigenvalue weighted by atomic mass is 16.2. The van der Waals surface area contributed by atoms with Gasteiger partial charge in [-0.15, -0.1) is 0 Å². The third-order valence-electron chi connectivity index (χ3n) is 3.20. The standard InChI is InChI=1S/C16H17NO2/c1-12(18)16(19)17(2)10-9-13-7-8-14-5-3-4-6-15(14)11-13/h3-8,11H,9-10H2,1-2H3. The second kappa shape index (κ2) is 5.65. The molecule has 0 aromatic heterocycles. The van der Waals surface area contributed by atoms with Gasteiger partial charge in [-0.3, -0.25) is 9.59 Å². The van der Waals surface area contributed by atoms with Gasteiger partial charge in [0.25, 0.3) is 5.91 Å². The van der Waals surface area contributed by atoms with Gasteiger partial charge in [-0.05, 0) is 22.8 Å². The Kier molecular flexibility index (Phi) is 3.95. The Hall–Kier alpha value is -2.16. The molecule has 0 bridgehead atoms. The Balaban J connectivity index is 2.05. The third-order valence-corrected chi connectivity index (χ3v) is 3.20. The van der Waals surface area contributed by atoms with Gasteiger partial charge in [0.1, 0.15) is 0 Å². The molecule has 0 fully saturated rings. The Bertz CT molecular complexity index is 619. The van der Waals surface area contributed by atoms with Gasteiger partial charge < -0.3 is 4.90 Å². The van der Waals surface area contributed by atoms with Crippen LogP contribution >= 0.6 is 0 Å². The summed E-state index contributed by atoms with van der Waals surface area (Å²) in [6.07, 6.45) is 0.750. The lowest BCUT2D eigenvalue weighted by molar-refractivity contribution is -0.142. The fourth-order valence-electron chi connectivity index (χ4n) is 2.06. The van der Waals surface area contributed by atoms with Crippen LogP contribution in [0.5, 0.6) is 0 Å². The quantitative estimate of drug-likeness (QED) is 0.787. The van der Waals surface area contributed by atoms with Crippen molar-refractivity contribution in [2.24, 2.45) is 0 Å². The van der Waals surface area contributed by atoms with E-state index in [1.807, 2.05) is 12.1 Å². The van der Waals surface area contributed by atoms with Crippen molar-refractivity contribution in [3.63, 3.8) is 0 Å². The largest absolute Gasteiger partial charge is 0.339 e. The fraction of sp³-hybridized carbons (Fsp3) is 0.250. The molecule has 3 heteroatoms.